The fourth-order valence-electron chi connectivity index (χ4n) is 1.85. The van der Waals surface area contributed by atoms with E-state index >= 15 is 0 Å². The smallest absolute Gasteiger partial charge is 0.272 e. The van der Waals surface area contributed by atoms with Gasteiger partial charge in [0.05, 0.1) is 0 Å². The van der Waals surface area contributed by atoms with Gasteiger partial charge in [-0.15, -0.1) is 0 Å². The topological polar surface area (TPSA) is 33.2 Å². The molecule has 0 saturated heterocycles. The molecule has 2 rings (SSSR count). The van der Waals surface area contributed by atoms with Gasteiger partial charge in [-0.3, -0.25) is 4.79 Å². The van der Waals surface area contributed by atoms with Crippen molar-refractivity contribution >= 4 is 17.5 Å². The highest BCUT2D eigenvalue weighted by atomic mass is 35.5. The Balaban J connectivity index is 2.15. The normalized spacial score (nSPS) is 15.1. The molecule has 1 aliphatic rings. The van der Waals surface area contributed by atoms with E-state index in [0.717, 1.165) is 19.4 Å². The molecule has 0 aromatic carbocycles. The average Bonchev–Trinajstić information content (AvgIpc) is 3.08. The van der Waals surface area contributed by atoms with Crippen molar-refractivity contribution in [1.29, 1.82) is 0 Å². The molecule has 1 heterocycles. The fourth-order valence-corrected chi connectivity index (χ4v) is 2.02. The van der Waals surface area contributed by atoms with Gasteiger partial charge in [-0.05, 0) is 30.9 Å². The second kappa shape index (κ2) is 5.05. The molecule has 1 fully saturated rings. The van der Waals surface area contributed by atoms with Crippen molar-refractivity contribution in [2.75, 3.05) is 6.54 Å². The Hall–Kier alpha value is -1.09. The first-order chi connectivity index (χ1) is 8.08. The summed E-state index contributed by atoms with van der Waals surface area (Å²) in [5, 5.41) is 0.371. The van der Waals surface area contributed by atoms with E-state index in [9.17, 15) is 4.79 Å². The zero-order valence-corrected chi connectivity index (χ0v) is 10.9. The van der Waals surface area contributed by atoms with Crippen LogP contribution < -0.4 is 0 Å². The molecule has 0 radical (unpaired) electrons. The third-order valence-corrected chi connectivity index (χ3v) is 2.96. The Bertz CT molecular complexity index is 416. The fraction of sp³-hybridized carbons (Fsp3) is 0.538. The molecule has 0 unspecified atom stereocenters. The maximum absolute atomic E-state index is 12.3. The number of carbonyl (C=O) groups excluding carboxylic acids is 1. The number of hydrogen-bond acceptors (Lipinski definition) is 2. The van der Waals surface area contributed by atoms with Crippen molar-refractivity contribution in [2.24, 2.45) is 5.92 Å². The Morgan fingerprint density at radius 3 is 2.76 bits per heavy atom. The van der Waals surface area contributed by atoms with Gasteiger partial charge >= 0.3 is 0 Å². The summed E-state index contributed by atoms with van der Waals surface area (Å²) in [6.45, 7) is 5.03. The Morgan fingerprint density at radius 1 is 1.53 bits per heavy atom. The van der Waals surface area contributed by atoms with Gasteiger partial charge in [0.15, 0.2) is 0 Å². The molecule has 0 aliphatic heterocycles. The lowest BCUT2D eigenvalue weighted by molar-refractivity contribution is 0.0716. The van der Waals surface area contributed by atoms with Gasteiger partial charge in [0.25, 0.3) is 5.91 Å². The standard InChI is InChI=1S/C13H17ClN2O/c1-9(2)8-16(10-6-7-10)13(17)11-4-3-5-12(14)15-11/h3-5,9-10H,6-8H2,1-2H3. The van der Waals surface area contributed by atoms with Crippen LogP contribution in [0.25, 0.3) is 0 Å². The van der Waals surface area contributed by atoms with Crippen LogP contribution in [0.1, 0.15) is 37.2 Å². The first-order valence-corrected chi connectivity index (χ1v) is 6.39. The molecule has 0 N–H and O–H groups in total. The highest BCUT2D eigenvalue weighted by molar-refractivity contribution is 6.29. The quantitative estimate of drug-likeness (QED) is 0.772. The molecule has 0 atom stereocenters. The van der Waals surface area contributed by atoms with Crippen LogP contribution in [0.4, 0.5) is 0 Å². The van der Waals surface area contributed by atoms with Crippen molar-refractivity contribution in [2.45, 2.75) is 32.7 Å². The molecule has 1 aliphatic carbocycles. The zero-order chi connectivity index (χ0) is 12.4. The van der Waals surface area contributed by atoms with Crippen molar-refractivity contribution in [3.8, 4) is 0 Å². The molecule has 17 heavy (non-hydrogen) atoms. The van der Waals surface area contributed by atoms with Gasteiger partial charge in [0.1, 0.15) is 10.8 Å². The predicted octanol–water partition coefficient (Wildman–Crippen LogP) is 3.00. The lowest BCUT2D eigenvalue weighted by Crippen LogP contribution is -2.36. The van der Waals surface area contributed by atoms with Gasteiger partial charge in [-0.25, -0.2) is 4.98 Å². The second-order valence-electron chi connectivity index (χ2n) is 4.93. The van der Waals surface area contributed by atoms with Gasteiger partial charge in [-0.2, -0.15) is 0 Å². The lowest BCUT2D eigenvalue weighted by Gasteiger charge is -2.24. The number of nitrogens with zero attached hydrogens (tertiary/aromatic N) is 2. The van der Waals surface area contributed by atoms with Crippen molar-refractivity contribution < 1.29 is 4.79 Å². The maximum Gasteiger partial charge on any atom is 0.272 e. The summed E-state index contributed by atoms with van der Waals surface area (Å²) in [6.07, 6.45) is 2.22. The molecule has 92 valence electrons. The van der Waals surface area contributed by atoms with Gasteiger partial charge in [0.2, 0.25) is 0 Å². The third-order valence-electron chi connectivity index (χ3n) is 2.74. The Kier molecular flexibility index (Phi) is 3.67. The summed E-state index contributed by atoms with van der Waals surface area (Å²) in [4.78, 5) is 18.3. The minimum atomic E-state index is 0.00343. The van der Waals surface area contributed by atoms with Crippen LogP contribution in [0.5, 0.6) is 0 Å². The number of pyridine rings is 1. The van der Waals surface area contributed by atoms with Crippen molar-refractivity contribution in [1.82, 2.24) is 9.88 Å². The summed E-state index contributed by atoms with van der Waals surface area (Å²) < 4.78 is 0. The van der Waals surface area contributed by atoms with Crippen LogP contribution >= 0.6 is 11.6 Å². The predicted molar refractivity (Wildman–Crippen MR) is 68.1 cm³/mol. The van der Waals surface area contributed by atoms with E-state index in [4.69, 9.17) is 11.6 Å². The summed E-state index contributed by atoms with van der Waals surface area (Å²) >= 11 is 5.81. The molecular weight excluding hydrogens is 236 g/mol. The highest BCUT2D eigenvalue weighted by Gasteiger charge is 2.33. The molecule has 1 amide bonds. The van der Waals surface area contributed by atoms with E-state index in [-0.39, 0.29) is 5.91 Å². The molecule has 1 saturated carbocycles. The SMILES string of the molecule is CC(C)CN(C(=O)c1cccc(Cl)n1)C1CC1. The number of aromatic nitrogens is 1. The molecule has 0 bridgehead atoms. The third kappa shape index (κ3) is 3.19. The summed E-state index contributed by atoms with van der Waals surface area (Å²) in [6, 6.07) is 5.58. The summed E-state index contributed by atoms with van der Waals surface area (Å²) in [5.74, 6) is 0.474. The van der Waals surface area contributed by atoms with E-state index in [1.165, 1.54) is 0 Å². The van der Waals surface area contributed by atoms with Crippen molar-refractivity contribution in [3.63, 3.8) is 0 Å². The van der Waals surface area contributed by atoms with E-state index in [2.05, 4.69) is 18.8 Å². The monoisotopic (exact) mass is 252 g/mol. The minimum Gasteiger partial charge on any atom is -0.334 e. The number of amides is 1. The van der Waals surface area contributed by atoms with Gasteiger partial charge < -0.3 is 4.90 Å². The Labute approximate surface area is 107 Å². The number of carbonyl (C=O) groups is 1. The number of hydrogen-bond donors (Lipinski definition) is 0. The maximum atomic E-state index is 12.3. The number of rotatable bonds is 4. The van der Waals surface area contributed by atoms with Crippen molar-refractivity contribution in [3.05, 3.63) is 29.0 Å². The van der Waals surface area contributed by atoms with Crippen LogP contribution in [-0.4, -0.2) is 28.4 Å². The minimum absolute atomic E-state index is 0.00343. The average molecular weight is 253 g/mol. The van der Waals surface area contributed by atoms with E-state index in [0.29, 0.717) is 22.8 Å². The lowest BCUT2D eigenvalue weighted by atomic mass is 10.2. The largest absolute Gasteiger partial charge is 0.334 e. The first-order valence-electron chi connectivity index (χ1n) is 6.01. The van der Waals surface area contributed by atoms with Crippen LogP contribution in [0.2, 0.25) is 5.15 Å². The zero-order valence-electron chi connectivity index (χ0n) is 10.2. The van der Waals surface area contributed by atoms with Crippen LogP contribution in [0.3, 0.4) is 0 Å². The van der Waals surface area contributed by atoms with Gasteiger partial charge in [0, 0.05) is 12.6 Å². The van der Waals surface area contributed by atoms with E-state index in [1.54, 1.807) is 18.2 Å². The highest BCUT2D eigenvalue weighted by Crippen LogP contribution is 2.28. The van der Waals surface area contributed by atoms with Crippen LogP contribution in [0, 0.1) is 5.92 Å². The second-order valence-corrected chi connectivity index (χ2v) is 5.32. The molecule has 3 nitrogen and oxygen atoms in total. The van der Waals surface area contributed by atoms with E-state index in [1.807, 2.05) is 4.90 Å². The molecular formula is C13H17ClN2O. The summed E-state index contributed by atoms with van der Waals surface area (Å²) in [5.41, 5.74) is 0.449. The van der Waals surface area contributed by atoms with Crippen LogP contribution in [-0.2, 0) is 0 Å². The molecule has 0 spiro atoms. The Morgan fingerprint density at radius 2 is 2.24 bits per heavy atom. The molecule has 1 aromatic heterocycles. The molecule has 4 heteroatoms. The molecule has 1 aromatic rings. The summed E-state index contributed by atoms with van der Waals surface area (Å²) in [7, 11) is 0. The van der Waals surface area contributed by atoms with E-state index < -0.39 is 0 Å². The van der Waals surface area contributed by atoms with Gasteiger partial charge in [-0.1, -0.05) is 31.5 Å². The first kappa shape index (κ1) is 12.4. The van der Waals surface area contributed by atoms with Crippen LogP contribution in [0.15, 0.2) is 18.2 Å². The number of halogens is 1.